The Morgan fingerprint density at radius 1 is 1.35 bits per heavy atom. The molecule has 1 saturated heterocycles. The summed E-state index contributed by atoms with van der Waals surface area (Å²) in [6, 6.07) is 10.3. The number of carbonyl (C=O) groups is 1. The third-order valence-electron chi connectivity index (χ3n) is 3.95. The Bertz CT molecular complexity index is 645. The minimum Gasteiger partial charge on any atom is -0.342 e. The van der Waals surface area contributed by atoms with Gasteiger partial charge in [0.1, 0.15) is 0 Å². The van der Waals surface area contributed by atoms with E-state index in [9.17, 15) is 4.79 Å². The Hall–Kier alpha value is -2.16. The number of fused-ring (bicyclic) bond motifs is 1. The monoisotopic (exact) mass is 266 g/mol. The van der Waals surface area contributed by atoms with Crippen LogP contribution < -0.4 is 0 Å². The van der Waals surface area contributed by atoms with Crippen LogP contribution >= 0.6 is 0 Å². The van der Waals surface area contributed by atoms with Gasteiger partial charge in [-0.25, -0.2) is 0 Å². The predicted octanol–water partition coefficient (Wildman–Crippen LogP) is 2.81. The van der Waals surface area contributed by atoms with E-state index in [4.69, 9.17) is 0 Å². The Morgan fingerprint density at radius 3 is 3.00 bits per heavy atom. The van der Waals surface area contributed by atoms with Gasteiger partial charge in [-0.3, -0.25) is 9.78 Å². The maximum absolute atomic E-state index is 11.9. The SMILES string of the molecule is C=CC1CC(=O)N(CCc2nccc3ccccc23)C1. The molecular formula is C17H18N2O. The highest BCUT2D eigenvalue weighted by Gasteiger charge is 2.27. The Kier molecular flexibility index (Phi) is 3.50. The van der Waals surface area contributed by atoms with E-state index in [1.807, 2.05) is 35.4 Å². The number of aromatic nitrogens is 1. The lowest BCUT2D eigenvalue weighted by Crippen LogP contribution is -2.27. The molecule has 3 rings (SSSR count). The van der Waals surface area contributed by atoms with Crippen LogP contribution in [0.3, 0.4) is 0 Å². The molecule has 0 bridgehead atoms. The summed E-state index contributed by atoms with van der Waals surface area (Å²) in [7, 11) is 0. The van der Waals surface area contributed by atoms with Crippen LogP contribution in [0.2, 0.25) is 0 Å². The van der Waals surface area contributed by atoms with E-state index >= 15 is 0 Å². The Balaban J connectivity index is 1.74. The molecular weight excluding hydrogens is 248 g/mol. The number of hydrogen-bond donors (Lipinski definition) is 0. The highest BCUT2D eigenvalue weighted by atomic mass is 16.2. The number of carbonyl (C=O) groups excluding carboxylic acids is 1. The molecule has 0 saturated carbocycles. The van der Waals surface area contributed by atoms with Crippen molar-refractivity contribution in [3.63, 3.8) is 0 Å². The lowest BCUT2D eigenvalue weighted by molar-refractivity contribution is -0.127. The van der Waals surface area contributed by atoms with Crippen molar-refractivity contribution in [3.8, 4) is 0 Å². The summed E-state index contributed by atoms with van der Waals surface area (Å²) in [5.41, 5.74) is 1.07. The molecule has 102 valence electrons. The maximum atomic E-state index is 11.9. The van der Waals surface area contributed by atoms with Gasteiger partial charge in [-0.05, 0) is 11.5 Å². The standard InChI is InChI=1S/C17H18N2O/c1-2-13-11-17(20)19(12-13)10-8-16-15-6-4-3-5-14(15)7-9-18-16/h2-7,9,13H,1,8,10-12H2. The largest absolute Gasteiger partial charge is 0.342 e. The number of nitrogens with zero attached hydrogens (tertiary/aromatic N) is 2. The van der Waals surface area contributed by atoms with Crippen LogP contribution in [-0.4, -0.2) is 28.9 Å². The minimum absolute atomic E-state index is 0.232. The maximum Gasteiger partial charge on any atom is 0.223 e. The number of likely N-dealkylation sites (tertiary alicyclic amines) is 1. The van der Waals surface area contributed by atoms with E-state index in [0.717, 1.165) is 25.2 Å². The smallest absolute Gasteiger partial charge is 0.223 e. The van der Waals surface area contributed by atoms with Crippen LogP contribution in [0.4, 0.5) is 0 Å². The number of benzene rings is 1. The van der Waals surface area contributed by atoms with Crippen LogP contribution in [0.1, 0.15) is 12.1 Å². The Labute approximate surface area is 118 Å². The zero-order valence-corrected chi connectivity index (χ0v) is 11.5. The average Bonchev–Trinajstić information content (AvgIpc) is 2.85. The predicted molar refractivity (Wildman–Crippen MR) is 80.3 cm³/mol. The molecule has 1 aliphatic rings. The molecule has 20 heavy (non-hydrogen) atoms. The minimum atomic E-state index is 0.232. The van der Waals surface area contributed by atoms with Gasteiger partial charge in [0.15, 0.2) is 0 Å². The van der Waals surface area contributed by atoms with Gasteiger partial charge in [0.05, 0.1) is 0 Å². The van der Waals surface area contributed by atoms with Crippen LogP contribution in [-0.2, 0) is 11.2 Å². The summed E-state index contributed by atoms with van der Waals surface area (Å²) in [4.78, 5) is 18.3. The van der Waals surface area contributed by atoms with Gasteiger partial charge in [0.2, 0.25) is 5.91 Å². The molecule has 1 atom stereocenters. The van der Waals surface area contributed by atoms with Crippen molar-refractivity contribution in [1.82, 2.24) is 9.88 Å². The van der Waals surface area contributed by atoms with E-state index in [1.54, 1.807) is 0 Å². The summed E-state index contributed by atoms with van der Waals surface area (Å²) in [5.74, 6) is 0.540. The van der Waals surface area contributed by atoms with E-state index < -0.39 is 0 Å². The molecule has 2 aromatic rings. The van der Waals surface area contributed by atoms with Crippen LogP contribution in [0.25, 0.3) is 10.8 Å². The number of rotatable bonds is 4. The van der Waals surface area contributed by atoms with Gasteiger partial charge >= 0.3 is 0 Å². The summed E-state index contributed by atoms with van der Waals surface area (Å²) < 4.78 is 0. The fourth-order valence-electron chi connectivity index (χ4n) is 2.80. The van der Waals surface area contributed by atoms with Crippen LogP contribution in [0, 0.1) is 5.92 Å². The second-order valence-electron chi connectivity index (χ2n) is 5.27. The molecule has 1 unspecified atom stereocenters. The normalized spacial score (nSPS) is 18.7. The molecule has 2 heterocycles. The van der Waals surface area contributed by atoms with Gasteiger partial charge < -0.3 is 4.90 Å². The highest BCUT2D eigenvalue weighted by Crippen LogP contribution is 2.20. The first-order chi connectivity index (χ1) is 9.78. The zero-order chi connectivity index (χ0) is 13.9. The molecule has 0 radical (unpaired) electrons. The first-order valence-corrected chi connectivity index (χ1v) is 7.01. The molecule has 1 aromatic carbocycles. The van der Waals surface area contributed by atoms with Crippen molar-refractivity contribution < 1.29 is 4.79 Å². The highest BCUT2D eigenvalue weighted by molar-refractivity contribution is 5.84. The zero-order valence-electron chi connectivity index (χ0n) is 11.5. The van der Waals surface area contributed by atoms with Gasteiger partial charge in [-0.1, -0.05) is 30.3 Å². The third kappa shape index (κ3) is 2.44. The van der Waals surface area contributed by atoms with Gasteiger partial charge in [0.25, 0.3) is 0 Å². The molecule has 1 aliphatic heterocycles. The molecule has 0 spiro atoms. The lowest BCUT2D eigenvalue weighted by atomic mass is 10.1. The third-order valence-corrected chi connectivity index (χ3v) is 3.95. The summed E-state index contributed by atoms with van der Waals surface area (Å²) >= 11 is 0. The lowest BCUT2D eigenvalue weighted by Gasteiger charge is -2.16. The second-order valence-corrected chi connectivity index (χ2v) is 5.27. The van der Waals surface area contributed by atoms with Crippen molar-refractivity contribution in [3.05, 3.63) is 54.9 Å². The molecule has 0 aliphatic carbocycles. The fraction of sp³-hybridized carbons (Fsp3) is 0.294. The van der Waals surface area contributed by atoms with Crippen molar-refractivity contribution >= 4 is 16.7 Å². The van der Waals surface area contributed by atoms with E-state index in [-0.39, 0.29) is 5.91 Å². The first kappa shape index (κ1) is 12.9. The molecule has 3 heteroatoms. The summed E-state index contributed by atoms with van der Waals surface area (Å²) in [6.45, 7) is 5.32. The molecule has 3 nitrogen and oxygen atoms in total. The quantitative estimate of drug-likeness (QED) is 0.797. The van der Waals surface area contributed by atoms with Crippen molar-refractivity contribution in [2.24, 2.45) is 5.92 Å². The number of pyridine rings is 1. The number of amides is 1. The topological polar surface area (TPSA) is 33.2 Å². The van der Waals surface area contributed by atoms with Gasteiger partial charge in [0, 0.05) is 49.1 Å². The van der Waals surface area contributed by atoms with E-state index in [1.165, 1.54) is 10.8 Å². The van der Waals surface area contributed by atoms with Crippen LogP contribution in [0.15, 0.2) is 49.2 Å². The molecule has 0 N–H and O–H groups in total. The summed E-state index contributed by atoms with van der Waals surface area (Å²) in [5, 5.41) is 2.39. The second kappa shape index (κ2) is 5.45. The van der Waals surface area contributed by atoms with Crippen molar-refractivity contribution in [1.29, 1.82) is 0 Å². The Morgan fingerprint density at radius 2 is 2.20 bits per heavy atom. The van der Waals surface area contributed by atoms with Crippen molar-refractivity contribution in [2.75, 3.05) is 13.1 Å². The van der Waals surface area contributed by atoms with E-state index in [2.05, 4.69) is 23.7 Å². The van der Waals surface area contributed by atoms with Crippen molar-refractivity contribution in [2.45, 2.75) is 12.8 Å². The van der Waals surface area contributed by atoms with E-state index in [0.29, 0.717) is 12.3 Å². The van der Waals surface area contributed by atoms with Gasteiger partial charge in [-0.2, -0.15) is 0 Å². The van der Waals surface area contributed by atoms with Gasteiger partial charge in [-0.15, -0.1) is 6.58 Å². The fourth-order valence-corrected chi connectivity index (χ4v) is 2.80. The molecule has 1 aromatic heterocycles. The molecule has 1 fully saturated rings. The van der Waals surface area contributed by atoms with Crippen LogP contribution in [0.5, 0.6) is 0 Å². The first-order valence-electron chi connectivity index (χ1n) is 7.01. The average molecular weight is 266 g/mol. The number of hydrogen-bond acceptors (Lipinski definition) is 2. The summed E-state index contributed by atoms with van der Waals surface area (Å²) in [6.07, 6.45) is 5.13. The molecule has 1 amide bonds.